The minimum Gasteiger partial charge on any atom is -0.327 e. The normalized spacial score (nSPS) is 28.2. The molecule has 1 aliphatic rings. The Bertz CT molecular complexity index is 305. The zero-order chi connectivity index (χ0) is 12.2. The van der Waals surface area contributed by atoms with E-state index in [1.807, 2.05) is 6.92 Å². The number of piperidine rings is 1. The van der Waals surface area contributed by atoms with Crippen LogP contribution in [0.2, 0.25) is 0 Å². The second-order valence-corrected chi connectivity index (χ2v) is 6.13. The monoisotopic (exact) mass is 249 g/mol. The van der Waals surface area contributed by atoms with Crippen LogP contribution in [0.4, 0.5) is 0 Å². The summed E-state index contributed by atoms with van der Waals surface area (Å²) >= 11 is 0. The Morgan fingerprint density at radius 3 is 2.69 bits per heavy atom. The van der Waals surface area contributed by atoms with Crippen LogP contribution >= 0.6 is 0 Å². The third-order valence-electron chi connectivity index (χ3n) is 3.15. The highest BCUT2D eigenvalue weighted by Gasteiger charge is 2.31. The smallest absolute Gasteiger partial charge is 0.279 e. The number of nitrogens with zero attached hydrogens (tertiary/aromatic N) is 1. The quantitative estimate of drug-likeness (QED) is 0.735. The average molecular weight is 249 g/mol. The molecular weight excluding hydrogens is 226 g/mol. The Morgan fingerprint density at radius 1 is 1.44 bits per heavy atom. The van der Waals surface area contributed by atoms with Gasteiger partial charge in [-0.15, -0.1) is 0 Å². The molecular formula is C10H23N3O2S. The van der Waals surface area contributed by atoms with Crippen molar-refractivity contribution in [2.75, 3.05) is 19.6 Å². The highest BCUT2D eigenvalue weighted by Crippen LogP contribution is 2.20. The lowest BCUT2D eigenvalue weighted by atomic mass is 9.92. The van der Waals surface area contributed by atoms with E-state index in [1.54, 1.807) is 0 Å². The van der Waals surface area contributed by atoms with Gasteiger partial charge in [0.15, 0.2) is 0 Å². The number of nitrogens with one attached hydrogen (secondary N) is 1. The van der Waals surface area contributed by atoms with Gasteiger partial charge in [0.2, 0.25) is 0 Å². The minimum atomic E-state index is -3.28. The van der Waals surface area contributed by atoms with E-state index in [4.69, 9.17) is 5.73 Å². The van der Waals surface area contributed by atoms with E-state index in [2.05, 4.69) is 11.6 Å². The summed E-state index contributed by atoms with van der Waals surface area (Å²) in [7, 11) is -3.28. The minimum absolute atomic E-state index is 0.141. The third-order valence-corrected chi connectivity index (χ3v) is 4.73. The first-order chi connectivity index (χ1) is 7.51. The van der Waals surface area contributed by atoms with Crippen molar-refractivity contribution < 1.29 is 8.42 Å². The average Bonchev–Trinajstić information content (AvgIpc) is 2.27. The van der Waals surface area contributed by atoms with Crippen molar-refractivity contribution in [1.82, 2.24) is 9.03 Å². The Balaban J connectivity index is 2.60. The third kappa shape index (κ3) is 3.41. The lowest BCUT2D eigenvalue weighted by Gasteiger charge is -2.35. The Labute approximate surface area is 98.6 Å². The zero-order valence-electron chi connectivity index (χ0n) is 10.1. The van der Waals surface area contributed by atoms with Crippen molar-refractivity contribution >= 4 is 10.2 Å². The molecule has 0 bridgehead atoms. The maximum Gasteiger partial charge on any atom is 0.279 e. The molecule has 5 nitrogen and oxygen atoms in total. The summed E-state index contributed by atoms with van der Waals surface area (Å²) in [6.45, 7) is 5.60. The summed E-state index contributed by atoms with van der Waals surface area (Å²) in [6.07, 6.45) is 2.50. The topological polar surface area (TPSA) is 75.4 Å². The van der Waals surface area contributed by atoms with Crippen LogP contribution < -0.4 is 10.5 Å². The fourth-order valence-corrected chi connectivity index (χ4v) is 3.37. The molecule has 1 fully saturated rings. The molecule has 2 unspecified atom stereocenters. The summed E-state index contributed by atoms with van der Waals surface area (Å²) in [4.78, 5) is 0. The van der Waals surface area contributed by atoms with E-state index in [1.165, 1.54) is 4.31 Å². The van der Waals surface area contributed by atoms with E-state index in [0.717, 1.165) is 19.3 Å². The molecule has 0 aromatic rings. The van der Waals surface area contributed by atoms with Gasteiger partial charge in [-0.2, -0.15) is 12.7 Å². The summed E-state index contributed by atoms with van der Waals surface area (Å²) in [5.41, 5.74) is 5.95. The molecule has 0 saturated carbocycles. The first-order valence-electron chi connectivity index (χ1n) is 6.01. The molecule has 16 heavy (non-hydrogen) atoms. The van der Waals surface area contributed by atoms with Gasteiger partial charge in [-0.3, -0.25) is 0 Å². The molecule has 0 aromatic heterocycles. The summed E-state index contributed by atoms with van der Waals surface area (Å²) in [6, 6.07) is 0.141. The molecule has 1 saturated heterocycles. The lowest BCUT2D eigenvalue weighted by molar-refractivity contribution is 0.228. The van der Waals surface area contributed by atoms with Crippen molar-refractivity contribution in [3.8, 4) is 0 Å². The largest absolute Gasteiger partial charge is 0.327 e. The first kappa shape index (κ1) is 13.9. The van der Waals surface area contributed by atoms with E-state index in [-0.39, 0.29) is 12.0 Å². The summed E-state index contributed by atoms with van der Waals surface area (Å²) in [5, 5.41) is 0. The fourth-order valence-electron chi connectivity index (χ4n) is 1.99. The molecule has 6 heteroatoms. The highest BCUT2D eigenvalue weighted by molar-refractivity contribution is 7.87. The van der Waals surface area contributed by atoms with Gasteiger partial charge >= 0.3 is 0 Å². The maximum absolute atomic E-state index is 11.9. The maximum atomic E-state index is 11.9. The van der Waals surface area contributed by atoms with E-state index in [9.17, 15) is 8.42 Å². The molecule has 2 atom stereocenters. The Kier molecular flexibility index (Phi) is 5.17. The van der Waals surface area contributed by atoms with Crippen LogP contribution in [0.15, 0.2) is 0 Å². The van der Waals surface area contributed by atoms with Crippen LogP contribution in [0.3, 0.4) is 0 Å². The molecule has 0 spiro atoms. The Hall–Kier alpha value is -0.170. The summed E-state index contributed by atoms with van der Waals surface area (Å²) in [5.74, 6) is 0.284. The van der Waals surface area contributed by atoms with Gasteiger partial charge in [-0.05, 0) is 18.8 Å². The van der Waals surface area contributed by atoms with Gasteiger partial charge in [-0.25, -0.2) is 4.72 Å². The van der Waals surface area contributed by atoms with Gasteiger partial charge in [0.1, 0.15) is 0 Å². The van der Waals surface area contributed by atoms with Crippen LogP contribution in [0.5, 0.6) is 0 Å². The standard InChI is InChI=1S/C10H23N3O2S/c1-3-6-12-16(14,15)13-7-5-10(11)9(4-2)8-13/h9-10,12H,3-8,11H2,1-2H3. The molecule has 1 heterocycles. The molecule has 0 aliphatic carbocycles. The number of hydrogen-bond donors (Lipinski definition) is 2. The number of nitrogens with two attached hydrogens (primary N) is 1. The highest BCUT2D eigenvalue weighted by atomic mass is 32.2. The van der Waals surface area contributed by atoms with Gasteiger partial charge in [0, 0.05) is 25.7 Å². The predicted octanol–water partition coefficient (Wildman–Crippen LogP) is 0.290. The van der Waals surface area contributed by atoms with E-state index < -0.39 is 10.2 Å². The predicted molar refractivity (Wildman–Crippen MR) is 65.2 cm³/mol. The van der Waals surface area contributed by atoms with Crippen LogP contribution in [0.1, 0.15) is 33.1 Å². The molecule has 96 valence electrons. The van der Waals surface area contributed by atoms with Crippen LogP contribution in [0.25, 0.3) is 0 Å². The number of rotatable bonds is 5. The van der Waals surface area contributed by atoms with Crippen molar-refractivity contribution in [2.45, 2.75) is 39.2 Å². The van der Waals surface area contributed by atoms with Gasteiger partial charge in [0.05, 0.1) is 0 Å². The first-order valence-corrected chi connectivity index (χ1v) is 7.45. The Morgan fingerprint density at radius 2 is 2.12 bits per heavy atom. The van der Waals surface area contributed by atoms with E-state index >= 15 is 0 Å². The molecule has 0 radical (unpaired) electrons. The van der Waals surface area contributed by atoms with Gasteiger partial charge < -0.3 is 5.73 Å². The molecule has 1 aliphatic heterocycles. The molecule has 3 N–H and O–H groups in total. The van der Waals surface area contributed by atoms with Crippen molar-refractivity contribution in [3.63, 3.8) is 0 Å². The van der Waals surface area contributed by atoms with Gasteiger partial charge in [0.25, 0.3) is 10.2 Å². The fraction of sp³-hybridized carbons (Fsp3) is 1.00. The molecule has 0 aromatic carbocycles. The lowest BCUT2D eigenvalue weighted by Crippen LogP contribution is -2.52. The number of hydrogen-bond acceptors (Lipinski definition) is 3. The van der Waals surface area contributed by atoms with Gasteiger partial charge in [-0.1, -0.05) is 20.3 Å². The van der Waals surface area contributed by atoms with Crippen molar-refractivity contribution in [2.24, 2.45) is 11.7 Å². The molecule has 0 amide bonds. The SMILES string of the molecule is CCCNS(=O)(=O)N1CCC(N)C(CC)C1. The molecule has 1 rings (SSSR count). The second kappa shape index (κ2) is 5.95. The van der Waals surface area contributed by atoms with Crippen LogP contribution in [0, 0.1) is 5.92 Å². The summed E-state index contributed by atoms with van der Waals surface area (Å²) < 4.78 is 27.9. The van der Waals surface area contributed by atoms with Crippen molar-refractivity contribution in [1.29, 1.82) is 0 Å². The zero-order valence-corrected chi connectivity index (χ0v) is 11.0. The van der Waals surface area contributed by atoms with Crippen LogP contribution in [-0.4, -0.2) is 38.4 Å². The van der Waals surface area contributed by atoms with Crippen molar-refractivity contribution in [3.05, 3.63) is 0 Å². The van der Waals surface area contributed by atoms with Crippen LogP contribution in [-0.2, 0) is 10.2 Å². The second-order valence-electron chi connectivity index (χ2n) is 4.38. The van der Waals surface area contributed by atoms with E-state index in [0.29, 0.717) is 19.6 Å².